The highest BCUT2D eigenvalue weighted by Gasteiger charge is 2.35. The van der Waals surface area contributed by atoms with Crippen molar-refractivity contribution in [1.29, 1.82) is 0 Å². The molecule has 0 saturated carbocycles. The molecule has 0 N–H and O–H groups in total. The first-order chi connectivity index (χ1) is 20.5. The topological polar surface area (TPSA) is 89.1 Å². The maximum Gasteiger partial charge on any atom is 0.573 e. The van der Waals surface area contributed by atoms with E-state index in [4.69, 9.17) is 0 Å². The molecule has 0 saturated heterocycles. The SMILES string of the molecule is C=C(Cc1ccccc1OC(F)(F)F)N(/N=N\C)c1cc(-c2cccc(S(C)(=O)=O)c2)ccc1-n1cc(C(F)(F)F)nc1C. The molecule has 8 nitrogen and oxygen atoms in total. The van der Waals surface area contributed by atoms with Gasteiger partial charge < -0.3 is 9.30 Å². The van der Waals surface area contributed by atoms with Crippen molar-refractivity contribution >= 4 is 15.5 Å². The molecule has 4 aromatic rings. The van der Waals surface area contributed by atoms with E-state index < -0.39 is 33.8 Å². The molecule has 232 valence electrons. The summed E-state index contributed by atoms with van der Waals surface area (Å²) in [4.78, 5) is 3.67. The number of anilines is 1. The number of para-hydroxylation sites is 1. The van der Waals surface area contributed by atoms with Gasteiger partial charge in [0.2, 0.25) is 0 Å². The summed E-state index contributed by atoms with van der Waals surface area (Å²) in [5.74, 6) is -0.491. The Morgan fingerprint density at radius 1 is 1.00 bits per heavy atom. The summed E-state index contributed by atoms with van der Waals surface area (Å²) >= 11 is 0. The van der Waals surface area contributed by atoms with Gasteiger partial charge in [0, 0.05) is 30.1 Å². The molecule has 0 unspecified atom stereocenters. The number of halogens is 6. The molecule has 1 heterocycles. The number of ether oxygens (including phenoxy) is 1. The summed E-state index contributed by atoms with van der Waals surface area (Å²) in [6, 6.07) is 16.0. The molecular formula is C29H25F6N5O3S. The maximum atomic E-state index is 13.5. The first kappa shape index (κ1) is 32.3. The van der Waals surface area contributed by atoms with Crippen LogP contribution in [0.3, 0.4) is 0 Å². The average molecular weight is 638 g/mol. The Labute approximate surface area is 248 Å². The highest BCUT2D eigenvalue weighted by molar-refractivity contribution is 7.90. The Balaban J connectivity index is 1.90. The monoisotopic (exact) mass is 637 g/mol. The zero-order chi connectivity index (χ0) is 32.4. The number of hydrogen-bond acceptors (Lipinski definition) is 6. The predicted octanol–water partition coefficient (Wildman–Crippen LogP) is 7.73. The number of hydrogen-bond donors (Lipinski definition) is 0. The van der Waals surface area contributed by atoms with Crippen LogP contribution in [-0.4, -0.2) is 37.6 Å². The van der Waals surface area contributed by atoms with Gasteiger partial charge in [-0.05, 0) is 48.4 Å². The largest absolute Gasteiger partial charge is 0.573 e. The first-order valence-corrected chi connectivity index (χ1v) is 14.6. The van der Waals surface area contributed by atoms with Crippen molar-refractivity contribution in [3.05, 3.63) is 102 Å². The average Bonchev–Trinajstić information content (AvgIpc) is 3.33. The zero-order valence-corrected chi connectivity index (χ0v) is 24.3. The molecular weight excluding hydrogens is 612 g/mol. The molecule has 0 bridgehead atoms. The normalized spacial score (nSPS) is 12.5. The molecule has 0 radical (unpaired) electrons. The Bertz CT molecular complexity index is 1830. The van der Waals surface area contributed by atoms with Crippen molar-refractivity contribution in [2.45, 2.75) is 30.8 Å². The number of sulfone groups is 1. The van der Waals surface area contributed by atoms with E-state index in [2.05, 4.69) is 26.6 Å². The molecule has 0 aliphatic heterocycles. The Kier molecular flexibility index (Phi) is 8.91. The fourth-order valence-electron chi connectivity index (χ4n) is 4.38. The van der Waals surface area contributed by atoms with Crippen molar-refractivity contribution in [1.82, 2.24) is 9.55 Å². The summed E-state index contributed by atoms with van der Waals surface area (Å²) in [6.45, 7) is 5.35. The Morgan fingerprint density at radius 2 is 1.68 bits per heavy atom. The van der Waals surface area contributed by atoms with Crippen molar-refractivity contribution in [2.75, 3.05) is 18.3 Å². The molecule has 0 atom stereocenters. The van der Waals surface area contributed by atoms with Gasteiger partial charge in [0.15, 0.2) is 15.5 Å². The van der Waals surface area contributed by atoms with E-state index in [0.717, 1.165) is 18.5 Å². The van der Waals surface area contributed by atoms with E-state index in [9.17, 15) is 34.8 Å². The number of nitrogens with zero attached hydrogens (tertiary/aromatic N) is 5. The minimum absolute atomic E-state index is 0.0201. The van der Waals surface area contributed by atoms with Crippen molar-refractivity contribution < 1.29 is 39.5 Å². The molecule has 44 heavy (non-hydrogen) atoms. The second kappa shape index (κ2) is 12.1. The van der Waals surface area contributed by atoms with Gasteiger partial charge in [-0.2, -0.15) is 18.3 Å². The van der Waals surface area contributed by atoms with Gasteiger partial charge in [-0.25, -0.2) is 18.4 Å². The van der Waals surface area contributed by atoms with Gasteiger partial charge in [0.1, 0.15) is 11.6 Å². The zero-order valence-electron chi connectivity index (χ0n) is 23.5. The fraction of sp³-hybridized carbons (Fsp3) is 0.207. The van der Waals surface area contributed by atoms with Crippen molar-refractivity contribution in [2.24, 2.45) is 10.3 Å². The summed E-state index contributed by atoms with van der Waals surface area (Å²) in [5, 5.41) is 9.08. The minimum atomic E-state index is -4.96. The number of aryl methyl sites for hydroxylation is 1. The van der Waals surface area contributed by atoms with Gasteiger partial charge in [0.05, 0.1) is 23.3 Å². The second-order valence-corrected chi connectivity index (χ2v) is 11.6. The Morgan fingerprint density at radius 3 is 2.30 bits per heavy atom. The number of allylic oxidation sites excluding steroid dienone is 1. The standard InChI is InChI=1S/C29H25F6N5O3S/c1-18(14-22-8-5-6-11-26(22)43-29(33,34)35)40(38-36-3)25-16-21(20-9-7-10-23(15-20)44(4,41)42)12-13-24(25)39-17-27(28(30,31)32)37-19(39)2/h5-13,15-17H,1,14H2,2-4H3/b38-36-. The van der Waals surface area contributed by atoms with E-state index in [0.29, 0.717) is 11.1 Å². The summed E-state index contributed by atoms with van der Waals surface area (Å²) in [5.41, 5.74) is 0.239. The molecule has 0 aliphatic carbocycles. The molecule has 0 amide bonds. The molecule has 3 aromatic carbocycles. The molecule has 0 spiro atoms. The van der Waals surface area contributed by atoms with E-state index in [1.54, 1.807) is 12.1 Å². The highest BCUT2D eigenvalue weighted by Crippen LogP contribution is 2.37. The lowest BCUT2D eigenvalue weighted by molar-refractivity contribution is -0.274. The highest BCUT2D eigenvalue weighted by atomic mass is 32.2. The van der Waals surface area contributed by atoms with Gasteiger partial charge in [0.25, 0.3) is 0 Å². The summed E-state index contributed by atoms with van der Waals surface area (Å²) < 4.78 is 110. The quantitative estimate of drug-likeness (QED) is 0.107. The van der Waals surface area contributed by atoms with Crippen LogP contribution in [0.5, 0.6) is 5.75 Å². The Hall–Kier alpha value is -4.66. The van der Waals surface area contributed by atoms with Crippen LogP contribution in [0.2, 0.25) is 0 Å². The number of benzene rings is 3. The summed E-state index contributed by atoms with van der Waals surface area (Å²) in [7, 11) is -2.25. The first-order valence-electron chi connectivity index (χ1n) is 12.7. The van der Waals surface area contributed by atoms with Crippen LogP contribution in [0.25, 0.3) is 16.8 Å². The fourth-order valence-corrected chi connectivity index (χ4v) is 5.04. The third-order valence-corrected chi connectivity index (χ3v) is 7.41. The van der Waals surface area contributed by atoms with E-state index >= 15 is 0 Å². The molecule has 0 fully saturated rings. The lowest BCUT2D eigenvalue weighted by atomic mass is 10.0. The van der Waals surface area contributed by atoms with Gasteiger partial charge in [-0.1, -0.05) is 48.2 Å². The van der Waals surface area contributed by atoms with Crippen LogP contribution in [-0.2, 0) is 22.4 Å². The van der Waals surface area contributed by atoms with E-state index in [1.807, 2.05) is 0 Å². The minimum Gasteiger partial charge on any atom is -0.405 e. The smallest absolute Gasteiger partial charge is 0.405 e. The number of rotatable bonds is 9. The van der Waals surface area contributed by atoms with Crippen LogP contribution in [0.15, 0.2) is 100 Å². The third-order valence-electron chi connectivity index (χ3n) is 6.30. The van der Waals surface area contributed by atoms with Gasteiger partial charge in [-0.15, -0.1) is 13.2 Å². The molecule has 0 aliphatic rings. The molecule has 15 heteroatoms. The van der Waals surface area contributed by atoms with Gasteiger partial charge in [-0.3, -0.25) is 0 Å². The van der Waals surface area contributed by atoms with Crippen LogP contribution < -0.4 is 9.75 Å². The van der Waals surface area contributed by atoms with Crippen molar-refractivity contribution in [3.8, 4) is 22.6 Å². The van der Waals surface area contributed by atoms with Crippen LogP contribution in [0.4, 0.5) is 32.0 Å². The maximum absolute atomic E-state index is 13.5. The molecule has 4 rings (SSSR count). The second-order valence-electron chi connectivity index (χ2n) is 9.54. The molecule has 1 aromatic heterocycles. The van der Waals surface area contributed by atoms with Crippen LogP contribution in [0, 0.1) is 6.92 Å². The lowest BCUT2D eigenvalue weighted by Crippen LogP contribution is -2.20. The van der Waals surface area contributed by atoms with Crippen LogP contribution in [0.1, 0.15) is 17.1 Å². The van der Waals surface area contributed by atoms with E-state index in [-0.39, 0.29) is 39.8 Å². The number of imidazole rings is 1. The van der Waals surface area contributed by atoms with Gasteiger partial charge >= 0.3 is 12.5 Å². The third kappa shape index (κ3) is 7.45. The van der Waals surface area contributed by atoms with E-state index in [1.165, 1.54) is 72.1 Å². The number of alkyl halides is 6. The number of aromatic nitrogens is 2. The van der Waals surface area contributed by atoms with Crippen molar-refractivity contribution in [3.63, 3.8) is 0 Å². The lowest BCUT2D eigenvalue weighted by Gasteiger charge is -2.25. The van der Waals surface area contributed by atoms with Crippen LogP contribution >= 0.6 is 0 Å². The predicted molar refractivity (Wildman–Crippen MR) is 151 cm³/mol. The summed E-state index contributed by atoms with van der Waals surface area (Å²) in [6.07, 6.45) is -8.08.